The van der Waals surface area contributed by atoms with Crippen LogP contribution in [0.1, 0.15) is 34.7 Å². The number of benzene rings is 5. The van der Waals surface area contributed by atoms with E-state index in [9.17, 15) is 8.42 Å². The van der Waals surface area contributed by atoms with Gasteiger partial charge in [0.05, 0.1) is 16.6 Å². The summed E-state index contributed by atoms with van der Waals surface area (Å²) in [5.41, 5.74) is 4.86. The molecule has 36 heavy (non-hydrogen) atoms. The molecule has 0 radical (unpaired) electrons. The highest BCUT2D eigenvalue weighted by atomic mass is 32.2. The standard InChI is InChI=1S/C31H26N2O2S/c1-21-11-15-23(16-12-21)29-20-30(33(32-29)36(34,35)26-17-13-22(2)14-18-26)31-27-9-5-3-7-24(27)19-25-8-4-6-10-28(25)31/h3-19,30H,20H2,1-2H3. The van der Waals surface area contributed by atoms with Gasteiger partial charge in [-0.1, -0.05) is 96.1 Å². The van der Waals surface area contributed by atoms with Gasteiger partial charge in [-0.2, -0.15) is 17.9 Å². The number of sulfonamides is 1. The predicted octanol–water partition coefficient (Wildman–Crippen LogP) is 7.15. The number of hydrogen-bond acceptors (Lipinski definition) is 3. The molecule has 1 atom stereocenters. The van der Waals surface area contributed by atoms with E-state index in [-0.39, 0.29) is 4.90 Å². The zero-order chi connectivity index (χ0) is 24.9. The van der Waals surface area contributed by atoms with Crippen LogP contribution in [0.2, 0.25) is 0 Å². The van der Waals surface area contributed by atoms with Crippen molar-refractivity contribution < 1.29 is 8.42 Å². The van der Waals surface area contributed by atoms with Crippen molar-refractivity contribution in [3.05, 3.63) is 125 Å². The summed E-state index contributed by atoms with van der Waals surface area (Å²) in [7, 11) is -3.89. The summed E-state index contributed by atoms with van der Waals surface area (Å²) in [6.45, 7) is 3.99. The molecule has 1 unspecified atom stereocenters. The summed E-state index contributed by atoms with van der Waals surface area (Å²) in [4.78, 5) is 0.247. The van der Waals surface area contributed by atoms with E-state index in [4.69, 9.17) is 5.10 Å². The Balaban J connectivity index is 1.60. The summed E-state index contributed by atoms with van der Waals surface area (Å²) in [5, 5.41) is 9.06. The predicted molar refractivity (Wildman–Crippen MR) is 147 cm³/mol. The Hall–Kier alpha value is -3.96. The highest BCUT2D eigenvalue weighted by molar-refractivity contribution is 7.89. The maximum Gasteiger partial charge on any atom is 0.279 e. The van der Waals surface area contributed by atoms with Crippen molar-refractivity contribution in [3.63, 3.8) is 0 Å². The molecule has 1 aliphatic rings. The lowest BCUT2D eigenvalue weighted by Gasteiger charge is -2.26. The van der Waals surface area contributed by atoms with Crippen molar-refractivity contribution in [2.75, 3.05) is 0 Å². The third kappa shape index (κ3) is 3.76. The smallest absolute Gasteiger partial charge is 0.200 e. The molecular weight excluding hydrogens is 464 g/mol. The molecular formula is C31H26N2O2S. The van der Waals surface area contributed by atoms with Gasteiger partial charge in [0.15, 0.2) is 0 Å². The van der Waals surface area contributed by atoms with Crippen LogP contribution in [0.15, 0.2) is 113 Å². The van der Waals surface area contributed by atoms with Crippen LogP contribution in [0.5, 0.6) is 0 Å². The summed E-state index contributed by atoms with van der Waals surface area (Å²) in [6.07, 6.45) is 0.492. The van der Waals surface area contributed by atoms with Crippen LogP contribution in [0.25, 0.3) is 21.5 Å². The number of nitrogens with zero attached hydrogens (tertiary/aromatic N) is 2. The molecule has 6 rings (SSSR count). The summed E-state index contributed by atoms with van der Waals surface area (Å²) >= 11 is 0. The van der Waals surface area contributed by atoms with Crippen LogP contribution in [0.4, 0.5) is 0 Å². The van der Waals surface area contributed by atoms with E-state index in [1.165, 1.54) is 4.41 Å². The normalized spacial score (nSPS) is 16.0. The minimum absolute atomic E-state index is 0.247. The van der Waals surface area contributed by atoms with Gasteiger partial charge < -0.3 is 0 Å². The van der Waals surface area contributed by atoms with E-state index >= 15 is 0 Å². The van der Waals surface area contributed by atoms with Crippen LogP contribution in [0.3, 0.4) is 0 Å². The van der Waals surface area contributed by atoms with Gasteiger partial charge in [-0.05, 0) is 64.7 Å². The number of aryl methyl sites for hydroxylation is 2. The lowest BCUT2D eigenvalue weighted by Crippen LogP contribution is -2.27. The lowest BCUT2D eigenvalue weighted by atomic mass is 9.90. The van der Waals surface area contributed by atoms with Crippen LogP contribution in [-0.2, 0) is 10.0 Å². The number of hydrogen-bond donors (Lipinski definition) is 0. The van der Waals surface area contributed by atoms with Gasteiger partial charge in [0.2, 0.25) is 0 Å². The van der Waals surface area contributed by atoms with Gasteiger partial charge in [-0.25, -0.2) is 0 Å². The lowest BCUT2D eigenvalue weighted by molar-refractivity contribution is 0.375. The van der Waals surface area contributed by atoms with Gasteiger partial charge in [-0.15, -0.1) is 0 Å². The Kier molecular flexibility index (Phi) is 5.38. The fraction of sp³-hybridized carbons (Fsp3) is 0.129. The van der Waals surface area contributed by atoms with Crippen molar-refractivity contribution in [1.82, 2.24) is 4.41 Å². The SMILES string of the molecule is Cc1ccc(C2=NN(S(=O)(=O)c3ccc(C)cc3)C(c3c4ccccc4cc4ccccc34)C2)cc1. The van der Waals surface area contributed by atoms with E-state index in [1.807, 2.05) is 74.5 Å². The molecule has 5 heteroatoms. The van der Waals surface area contributed by atoms with Crippen molar-refractivity contribution >= 4 is 37.3 Å². The Labute approximate surface area is 211 Å². The van der Waals surface area contributed by atoms with Crippen molar-refractivity contribution in [3.8, 4) is 0 Å². The summed E-state index contributed by atoms with van der Waals surface area (Å²) in [6, 6.07) is 33.2. The minimum Gasteiger partial charge on any atom is -0.200 e. The van der Waals surface area contributed by atoms with Gasteiger partial charge in [0.25, 0.3) is 10.0 Å². The first-order valence-corrected chi connectivity index (χ1v) is 13.5. The van der Waals surface area contributed by atoms with E-state index in [0.29, 0.717) is 6.42 Å². The molecule has 0 spiro atoms. The molecule has 0 fully saturated rings. The highest BCUT2D eigenvalue weighted by Crippen LogP contribution is 2.43. The van der Waals surface area contributed by atoms with Crippen molar-refractivity contribution in [2.24, 2.45) is 5.10 Å². The Morgan fingerprint density at radius 1 is 0.722 bits per heavy atom. The molecule has 0 amide bonds. The van der Waals surface area contributed by atoms with Crippen LogP contribution in [-0.4, -0.2) is 18.5 Å². The molecule has 178 valence electrons. The number of rotatable bonds is 4. The fourth-order valence-corrected chi connectivity index (χ4v) is 6.49. The van der Waals surface area contributed by atoms with Crippen LogP contribution in [0, 0.1) is 13.8 Å². The molecule has 5 aromatic carbocycles. The molecule has 1 heterocycles. The molecule has 0 aromatic heterocycles. The summed E-state index contributed by atoms with van der Waals surface area (Å²) < 4.78 is 29.5. The first kappa shape index (κ1) is 22.5. The fourth-order valence-electron chi connectivity index (χ4n) is 5.07. The molecule has 0 saturated heterocycles. The maximum atomic E-state index is 14.1. The first-order chi connectivity index (χ1) is 17.4. The average molecular weight is 491 g/mol. The maximum absolute atomic E-state index is 14.1. The van der Waals surface area contributed by atoms with E-state index in [1.54, 1.807) is 12.1 Å². The zero-order valence-corrected chi connectivity index (χ0v) is 21.0. The third-order valence-electron chi connectivity index (χ3n) is 6.97. The van der Waals surface area contributed by atoms with Gasteiger partial charge in [-0.3, -0.25) is 0 Å². The molecule has 0 aliphatic carbocycles. The molecule has 4 nitrogen and oxygen atoms in total. The molecule has 0 bridgehead atoms. The largest absolute Gasteiger partial charge is 0.279 e. The molecule has 0 saturated carbocycles. The average Bonchev–Trinajstić information content (AvgIpc) is 3.34. The molecule has 1 aliphatic heterocycles. The Morgan fingerprint density at radius 2 is 1.25 bits per heavy atom. The van der Waals surface area contributed by atoms with Gasteiger partial charge in [0, 0.05) is 6.42 Å². The van der Waals surface area contributed by atoms with E-state index in [0.717, 1.165) is 49.5 Å². The van der Waals surface area contributed by atoms with Gasteiger partial charge >= 0.3 is 0 Å². The zero-order valence-electron chi connectivity index (χ0n) is 20.2. The van der Waals surface area contributed by atoms with Crippen molar-refractivity contribution in [1.29, 1.82) is 0 Å². The molecule has 5 aromatic rings. The monoisotopic (exact) mass is 490 g/mol. The van der Waals surface area contributed by atoms with Gasteiger partial charge in [0.1, 0.15) is 0 Å². The van der Waals surface area contributed by atoms with Crippen molar-refractivity contribution in [2.45, 2.75) is 31.2 Å². The second-order valence-corrected chi connectivity index (χ2v) is 11.3. The Morgan fingerprint density at radius 3 is 1.83 bits per heavy atom. The van der Waals surface area contributed by atoms with Crippen LogP contribution >= 0.6 is 0 Å². The summed E-state index contributed by atoms with van der Waals surface area (Å²) in [5.74, 6) is 0. The van der Waals surface area contributed by atoms with E-state index in [2.05, 4.69) is 30.3 Å². The molecule has 0 N–H and O–H groups in total. The first-order valence-electron chi connectivity index (χ1n) is 12.1. The number of fused-ring (bicyclic) bond motifs is 2. The highest BCUT2D eigenvalue weighted by Gasteiger charge is 2.39. The minimum atomic E-state index is -3.89. The second kappa shape index (κ2) is 8.61. The topological polar surface area (TPSA) is 49.7 Å². The van der Waals surface area contributed by atoms with Crippen LogP contribution < -0.4 is 0 Å². The second-order valence-electron chi connectivity index (χ2n) is 9.46. The number of hydrazone groups is 1. The third-order valence-corrected chi connectivity index (χ3v) is 8.67. The van der Waals surface area contributed by atoms with E-state index < -0.39 is 16.1 Å². The Bertz CT molecular complexity index is 1680. The quantitative estimate of drug-likeness (QED) is 0.251.